The Morgan fingerprint density at radius 2 is 2.19 bits per heavy atom. The van der Waals surface area contributed by atoms with Crippen molar-refractivity contribution in [3.05, 3.63) is 29.8 Å². The van der Waals surface area contributed by atoms with Crippen LogP contribution in [0.4, 0.5) is 0 Å². The van der Waals surface area contributed by atoms with E-state index < -0.39 is 0 Å². The first-order chi connectivity index (χ1) is 7.84. The van der Waals surface area contributed by atoms with Crippen molar-refractivity contribution in [1.29, 1.82) is 0 Å². The molecule has 3 rings (SSSR count). The van der Waals surface area contributed by atoms with Crippen molar-refractivity contribution in [2.24, 2.45) is 5.92 Å². The minimum absolute atomic E-state index is 0.0788. The highest BCUT2D eigenvalue weighted by Gasteiger charge is 2.34. The molecule has 0 saturated carbocycles. The standard InChI is InChI=1S/C12H12O3S/c13-11-9-3-1-2-4-10(9)16-12(15-11)8-5-6-14-7-8/h1-4,8,12H,5-7H2. The van der Waals surface area contributed by atoms with Crippen LogP contribution in [0, 0.1) is 5.92 Å². The molecule has 0 N–H and O–H groups in total. The van der Waals surface area contributed by atoms with Crippen molar-refractivity contribution in [3.8, 4) is 0 Å². The zero-order chi connectivity index (χ0) is 11.0. The van der Waals surface area contributed by atoms with Gasteiger partial charge in [-0.15, -0.1) is 0 Å². The third kappa shape index (κ3) is 1.72. The van der Waals surface area contributed by atoms with Crippen molar-refractivity contribution in [3.63, 3.8) is 0 Å². The van der Waals surface area contributed by atoms with Gasteiger partial charge in [0.15, 0.2) is 5.44 Å². The maximum Gasteiger partial charge on any atom is 0.340 e. The number of cyclic esters (lactones) is 1. The lowest BCUT2D eigenvalue weighted by Crippen LogP contribution is -2.28. The lowest BCUT2D eigenvalue weighted by atomic mass is 10.1. The van der Waals surface area contributed by atoms with Crippen LogP contribution in [-0.4, -0.2) is 24.6 Å². The van der Waals surface area contributed by atoms with Gasteiger partial charge in [0.05, 0.1) is 12.2 Å². The summed E-state index contributed by atoms with van der Waals surface area (Å²) in [5.74, 6) is 0.133. The first-order valence-corrected chi connectivity index (χ1v) is 6.27. The van der Waals surface area contributed by atoms with Gasteiger partial charge in [-0.2, -0.15) is 0 Å². The Morgan fingerprint density at radius 3 is 3.00 bits per heavy atom. The molecule has 2 aliphatic heterocycles. The first kappa shape index (κ1) is 10.2. The molecule has 0 spiro atoms. The average Bonchev–Trinajstić information content (AvgIpc) is 2.82. The molecule has 0 amide bonds. The number of hydrogen-bond donors (Lipinski definition) is 0. The minimum Gasteiger partial charge on any atom is -0.447 e. The Hall–Kier alpha value is -1.00. The van der Waals surface area contributed by atoms with Gasteiger partial charge in [0.2, 0.25) is 0 Å². The fourth-order valence-electron chi connectivity index (χ4n) is 2.02. The van der Waals surface area contributed by atoms with Crippen LogP contribution >= 0.6 is 11.8 Å². The van der Waals surface area contributed by atoms with Crippen molar-refractivity contribution < 1.29 is 14.3 Å². The highest BCUT2D eigenvalue weighted by atomic mass is 32.2. The van der Waals surface area contributed by atoms with Crippen LogP contribution in [0.15, 0.2) is 29.2 Å². The third-order valence-electron chi connectivity index (χ3n) is 2.92. The molecule has 2 heterocycles. The number of hydrogen-bond acceptors (Lipinski definition) is 4. The van der Waals surface area contributed by atoms with Crippen LogP contribution in [0.3, 0.4) is 0 Å². The van der Waals surface area contributed by atoms with Crippen LogP contribution in [0.5, 0.6) is 0 Å². The largest absolute Gasteiger partial charge is 0.447 e. The zero-order valence-corrected chi connectivity index (χ0v) is 9.53. The van der Waals surface area contributed by atoms with E-state index in [1.807, 2.05) is 24.3 Å². The van der Waals surface area contributed by atoms with Crippen molar-refractivity contribution in [2.75, 3.05) is 13.2 Å². The molecule has 2 atom stereocenters. The normalized spacial score (nSPS) is 28.6. The summed E-state index contributed by atoms with van der Waals surface area (Å²) in [6.45, 7) is 1.48. The van der Waals surface area contributed by atoms with E-state index in [1.165, 1.54) is 0 Å². The van der Waals surface area contributed by atoms with E-state index >= 15 is 0 Å². The quantitative estimate of drug-likeness (QED) is 0.701. The number of carbonyl (C=O) groups excluding carboxylic acids is 1. The molecule has 2 aliphatic rings. The maximum atomic E-state index is 11.8. The van der Waals surface area contributed by atoms with E-state index in [4.69, 9.17) is 9.47 Å². The van der Waals surface area contributed by atoms with Gasteiger partial charge in [-0.05, 0) is 18.6 Å². The van der Waals surface area contributed by atoms with Crippen molar-refractivity contribution in [2.45, 2.75) is 16.8 Å². The Morgan fingerprint density at radius 1 is 1.31 bits per heavy atom. The Bertz CT molecular complexity index is 412. The average molecular weight is 236 g/mol. The highest BCUT2D eigenvalue weighted by molar-refractivity contribution is 8.00. The SMILES string of the molecule is O=C1OC(C2CCOC2)Sc2ccccc21. The van der Waals surface area contributed by atoms with Gasteiger partial charge in [0.1, 0.15) is 0 Å². The summed E-state index contributed by atoms with van der Waals surface area (Å²) in [7, 11) is 0. The minimum atomic E-state index is -0.203. The molecular weight excluding hydrogens is 224 g/mol. The zero-order valence-electron chi connectivity index (χ0n) is 8.72. The lowest BCUT2D eigenvalue weighted by Gasteiger charge is -2.27. The second kappa shape index (κ2) is 4.11. The lowest BCUT2D eigenvalue weighted by molar-refractivity contribution is 0.0335. The molecule has 0 aromatic heterocycles. The van der Waals surface area contributed by atoms with Crippen LogP contribution in [0.1, 0.15) is 16.8 Å². The van der Waals surface area contributed by atoms with Crippen LogP contribution in [-0.2, 0) is 9.47 Å². The predicted molar refractivity (Wildman–Crippen MR) is 60.4 cm³/mol. The summed E-state index contributed by atoms with van der Waals surface area (Å²) >= 11 is 1.63. The predicted octanol–water partition coefficient (Wildman–Crippen LogP) is 2.31. The van der Waals surface area contributed by atoms with Crippen LogP contribution in [0.2, 0.25) is 0 Å². The Kier molecular flexibility index (Phi) is 2.61. The highest BCUT2D eigenvalue weighted by Crippen LogP contribution is 2.39. The molecule has 0 aliphatic carbocycles. The molecule has 3 nitrogen and oxygen atoms in total. The van der Waals surface area contributed by atoms with Crippen LogP contribution in [0.25, 0.3) is 0 Å². The van der Waals surface area contributed by atoms with E-state index in [1.54, 1.807) is 11.8 Å². The van der Waals surface area contributed by atoms with Crippen molar-refractivity contribution in [1.82, 2.24) is 0 Å². The molecule has 0 radical (unpaired) electrons. The molecular formula is C12H12O3S. The van der Waals surface area contributed by atoms with E-state index in [9.17, 15) is 4.79 Å². The van der Waals surface area contributed by atoms with Gasteiger partial charge in [0, 0.05) is 17.4 Å². The number of ether oxygens (including phenoxy) is 2. The molecule has 1 aromatic rings. The number of carbonyl (C=O) groups is 1. The summed E-state index contributed by atoms with van der Waals surface area (Å²) in [6, 6.07) is 7.60. The summed E-state index contributed by atoms with van der Waals surface area (Å²) in [4.78, 5) is 12.8. The molecule has 1 aromatic carbocycles. The van der Waals surface area contributed by atoms with Gasteiger partial charge >= 0.3 is 5.97 Å². The third-order valence-corrected chi connectivity index (χ3v) is 4.25. The summed E-state index contributed by atoms with van der Waals surface area (Å²) < 4.78 is 10.8. The van der Waals surface area contributed by atoms with Gasteiger partial charge in [-0.3, -0.25) is 0 Å². The number of rotatable bonds is 1. The number of esters is 1. The van der Waals surface area contributed by atoms with Gasteiger partial charge in [-0.25, -0.2) is 4.79 Å². The number of benzene rings is 1. The van der Waals surface area contributed by atoms with E-state index in [2.05, 4.69) is 0 Å². The fourth-order valence-corrected chi connectivity index (χ4v) is 3.24. The number of fused-ring (bicyclic) bond motifs is 1. The number of thioether (sulfide) groups is 1. The topological polar surface area (TPSA) is 35.5 Å². The van der Waals surface area contributed by atoms with Crippen molar-refractivity contribution >= 4 is 17.7 Å². The van der Waals surface area contributed by atoms with Gasteiger partial charge < -0.3 is 9.47 Å². The second-order valence-corrected chi connectivity index (χ2v) is 5.15. The molecule has 1 fully saturated rings. The maximum absolute atomic E-state index is 11.8. The second-order valence-electron chi connectivity index (χ2n) is 4.01. The summed E-state index contributed by atoms with van der Waals surface area (Å²) in [5, 5.41) is 0. The Balaban J connectivity index is 1.85. The molecule has 4 heteroatoms. The first-order valence-electron chi connectivity index (χ1n) is 5.39. The monoisotopic (exact) mass is 236 g/mol. The van der Waals surface area contributed by atoms with Gasteiger partial charge in [-0.1, -0.05) is 23.9 Å². The molecule has 16 heavy (non-hydrogen) atoms. The molecule has 0 bridgehead atoms. The fraction of sp³-hybridized carbons (Fsp3) is 0.417. The van der Waals surface area contributed by atoms with E-state index in [0.717, 1.165) is 17.9 Å². The van der Waals surface area contributed by atoms with Crippen LogP contribution < -0.4 is 0 Å². The summed E-state index contributed by atoms with van der Waals surface area (Å²) in [6.07, 6.45) is 0.979. The molecule has 1 saturated heterocycles. The molecule has 84 valence electrons. The molecule has 2 unspecified atom stereocenters. The summed E-state index contributed by atoms with van der Waals surface area (Å²) in [5.41, 5.74) is 0.604. The van der Waals surface area contributed by atoms with E-state index in [0.29, 0.717) is 18.1 Å². The Labute approximate surface area is 98.1 Å². The van der Waals surface area contributed by atoms with E-state index in [-0.39, 0.29) is 11.4 Å². The van der Waals surface area contributed by atoms with Gasteiger partial charge in [0.25, 0.3) is 0 Å². The smallest absolute Gasteiger partial charge is 0.340 e.